The summed E-state index contributed by atoms with van der Waals surface area (Å²) < 4.78 is 0. The Morgan fingerprint density at radius 3 is 2.24 bits per heavy atom. The predicted octanol–water partition coefficient (Wildman–Crippen LogP) is 4.27. The zero-order chi connectivity index (χ0) is 23.4. The first-order chi connectivity index (χ1) is 15.9. The maximum atomic E-state index is 12.6. The largest absolute Gasteiger partial charge is 0.481 e. The molecule has 33 heavy (non-hydrogen) atoms. The van der Waals surface area contributed by atoms with Crippen LogP contribution < -0.4 is 10.2 Å². The first-order valence-corrected chi connectivity index (χ1v) is 10.5. The number of pyridine rings is 1. The van der Waals surface area contributed by atoms with Crippen LogP contribution in [0.3, 0.4) is 0 Å². The average molecular weight is 446 g/mol. The Balaban J connectivity index is 1.55. The smallest absolute Gasteiger partial charge is 0.334 e. The van der Waals surface area contributed by atoms with E-state index in [1.807, 2.05) is 11.0 Å². The van der Waals surface area contributed by atoms with Gasteiger partial charge in [-0.2, -0.15) is 0 Å². The van der Waals surface area contributed by atoms with Gasteiger partial charge in [0.05, 0.1) is 10.8 Å². The van der Waals surface area contributed by atoms with Crippen molar-refractivity contribution in [3.8, 4) is 0 Å². The van der Waals surface area contributed by atoms with Gasteiger partial charge in [0.15, 0.2) is 5.78 Å². The van der Waals surface area contributed by atoms with Gasteiger partial charge in [-0.25, -0.2) is 4.98 Å². The molecule has 0 unspecified atom stereocenters. The van der Waals surface area contributed by atoms with Crippen LogP contribution in [0.2, 0.25) is 0 Å². The molecule has 1 aliphatic rings. The zero-order valence-electron chi connectivity index (χ0n) is 17.7. The fraction of sp³-hybridized carbons (Fsp3) is 0.208. The molecule has 0 amide bonds. The number of piperidine rings is 1. The number of benzene rings is 2. The number of anilines is 3. The lowest BCUT2D eigenvalue weighted by Crippen LogP contribution is -2.36. The second-order valence-corrected chi connectivity index (χ2v) is 7.78. The van der Waals surface area contributed by atoms with Crippen LogP contribution in [0.25, 0.3) is 0 Å². The first-order valence-electron chi connectivity index (χ1n) is 10.5. The number of carboxylic acid groups (broad SMARTS) is 1. The molecular formula is C24H22N4O5. The number of aromatic nitrogens is 1. The lowest BCUT2D eigenvalue weighted by Gasteiger charge is -2.31. The molecule has 9 heteroatoms. The number of hydrogen-bond acceptors (Lipinski definition) is 7. The van der Waals surface area contributed by atoms with Gasteiger partial charge in [0.1, 0.15) is 5.69 Å². The van der Waals surface area contributed by atoms with Crippen LogP contribution in [0.15, 0.2) is 66.9 Å². The number of nitrogens with one attached hydrogen (secondary N) is 1. The Bertz CT molecular complexity index is 1170. The molecule has 3 aromatic rings. The molecular weight excluding hydrogens is 424 g/mol. The number of ketones is 1. The average Bonchev–Trinajstić information content (AvgIpc) is 2.84. The van der Waals surface area contributed by atoms with Crippen LogP contribution >= 0.6 is 0 Å². The van der Waals surface area contributed by atoms with Crippen LogP contribution in [-0.4, -0.2) is 39.9 Å². The van der Waals surface area contributed by atoms with Gasteiger partial charge >= 0.3 is 11.7 Å². The van der Waals surface area contributed by atoms with Gasteiger partial charge in [0.25, 0.3) is 0 Å². The Morgan fingerprint density at radius 2 is 1.64 bits per heavy atom. The minimum Gasteiger partial charge on any atom is -0.481 e. The summed E-state index contributed by atoms with van der Waals surface area (Å²) >= 11 is 0. The molecule has 0 atom stereocenters. The van der Waals surface area contributed by atoms with Crippen molar-refractivity contribution < 1.29 is 19.6 Å². The van der Waals surface area contributed by atoms with Gasteiger partial charge in [-0.15, -0.1) is 0 Å². The summed E-state index contributed by atoms with van der Waals surface area (Å²) in [7, 11) is 0. The molecule has 1 fully saturated rings. The summed E-state index contributed by atoms with van der Waals surface area (Å²) in [5.74, 6) is -1.30. The second-order valence-electron chi connectivity index (χ2n) is 7.78. The molecule has 168 valence electrons. The lowest BCUT2D eigenvalue weighted by atomic mass is 9.96. The molecule has 2 aromatic carbocycles. The molecule has 1 saturated heterocycles. The van der Waals surface area contributed by atoms with Crippen molar-refractivity contribution in [2.45, 2.75) is 12.8 Å². The quantitative estimate of drug-likeness (QED) is 0.313. The Hall–Kier alpha value is -4.27. The molecule has 0 radical (unpaired) electrons. The SMILES string of the molecule is O=C(c1ccccc1)c1ccc(Nc2nccc(N3CCC(C(=O)O)CC3)c2[N+](=O)[O-])cc1. The molecule has 0 aliphatic carbocycles. The van der Waals surface area contributed by atoms with Crippen molar-refractivity contribution in [1.82, 2.24) is 4.98 Å². The van der Waals surface area contributed by atoms with Gasteiger partial charge in [-0.05, 0) is 43.2 Å². The molecule has 2 N–H and O–H groups in total. The number of hydrogen-bond donors (Lipinski definition) is 2. The van der Waals surface area contributed by atoms with Gasteiger partial charge in [0.2, 0.25) is 5.82 Å². The lowest BCUT2D eigenvalue weighted by molar-refractivity contribution is -0.383. The Morgan fingerprint density at radius 1 is 1.00 bits per heavy atom. The highest BCUT2D eigenvalue weighted by molar-refractivity contribution is 6.09. The molecule has 2 heterocycles. The fourth-order valence-electron chi connectivity index (χ4n) is 3.94. The third-order valence-corrected chi connectivity index (χ3v) is 5.72. The number of nitrogens with zero attached hydrogens (tertiary/aromatic N) is 3. The Kier molecular flexibility index (Phi) is 6.30. The van der Waals surface area contributed by atoms with Crippen molar-refractivity contribution >= 4 is 34.6 Å². The zero-order valence-corrected chi connectivity index (χ0v) is 17.7. The number of nitro groups is 1. The van der Waals surface area contributed by atoms with Gasteiger partial charge < -0.3 is 15.3 Å². The summed E-state index contributed by atoms with van der Waals surface area (Å²) in [5, 5.41) is 24.1. The van der Waals surface area contributed by atoms with E-state index in [9.17, 15) is 24.8 Å². The van der Waals surface area contributed by atoms with Gasteiger partial charge in [0, 0.05) is 36.1 Å². The van der Waals surface area contributed by atoms with E-state index in [1.165, 1.54) is 6.20 Å². The minimum absolute atomic E-state index is 0.0833. The third kappa shape index (κ3) is 4.82. The van der Waals surface area contributed by atoms with Crippen molar-refractivity contribution in [2.24, 2.45) is 5.92 Å². The van der Waals surface area contributed by atoms with E-state index in [0.29, 0.717) is 48.4 Å². The highest BCUT2D eigenvalue weighted by Gasteiger charge is 2.30. The number of carboxylic acids is 1. The molecule has 1 aliphatic heterocycles. The van der Waals surface area contributed by atoms with Gasteiger partial charge in [-0.1, -0.05) is 30.3 Å². The summed E-state index contributed by atoms with van der Waals surface area (Å²) in [5.41, 5.74) is 1.86. The minimum atomic E-state index is -0.838. The molecule has 0 spiro atoms. The van der Waals surface area contributed by atoms with Crippen molar-refractivity contribution in [3.05, 3.63) is 88.1 Å². The summed E-state index contributed by atoms with van der Waals surface area (Å²) in [6.45, 7) is 0.828. The van der Waals surface area contributed by atoms with Crippen LogP contribution in [0.5, 0.6) is 0 Å². The standard InChI is InChI=1S/C24H22N4O5/c29-22(16-4-2-1-3-5-16)17-6-8-19(9-7-17)26-23-21(28(32)33)20(10-13-25-23)27-14-11-18(12-15-27)24(30)31/h1-10,13,18H,11-12,14-15H2,(H,25,26)(H,30,31). The summed E-state index contributed by atoms with van der Waals surface area (Å²) in [6, 6.07) is 17.2. The van der Waals surface area contributed by atoms with Crippen LogP contribution in [-0.2, 0) is 4.79 Å². The summed E-state index contributed by atoms with van der Waals surface area (Å²) in [6.07, 6.45) is 2.34. The van der Waals surface area contributed by atoms with E-state index in [-0.39, 0.29) is 17.3 Å². The fourth-order valence-corrected chi connectivity index (χ4v) is 3.94. The molecule has 0 saturated carbocycles. The van der Waals surface area contributed by atoms with E-state index in [2.05, 4.69) is 10.3 Å². The van der Waals surface area contributed by atoms with E-state index >= 15 is 0 Å². The highest BCUT2D eigenvalue weighted by atomic mass is 16.6. The third-order valence-electron chi connectivity index (χ3n) is 5.72. The number of aliphatic carboxylic acids is 1. The highest BCUT2D eigenvalue weighted by Crippen LogP contribution is 2.37. The monoisotopic (exact) mass is 446 g/mol. The molecule has 1 aromatic heterocycles. The normalized spacial score (nSPS) is 14.0. The number of carbonyl (C=O) groups excluding carboxylic acids is 1. The Labute approximate surface area is 189 Å². The van der Waals surface area contributed by atoms with Crippen LogP contribution in [0.1, 0.15) is 28.8 Å². The maximum Gasteiger partial charge on any atom is 0.334 e. The molecule has 0 bridgehead atoms. The number of carbonyl (C=O) groups is 2. The van der Waals surface area contributed by atoms with Gasteiger partial charge in [-0.3, -0.25) is 19.7 Å². The van der Waals surface area contributed by atoms with E-state index in [1.54, 1.807) is 54.6 Å². The van der Waals surface area contributed by atoms with E-state index in [0.717, 1.165) is 0 Å². The topological polar surface area (TPSA) is 126 Å². The molecule has 4 rings (SSSR count). The summed E-state index contributed by atoms with van der Waals surface area (Å²) in [4.78, 5) is 41.2. The van der Waals surface area contributed by atoms with E-state index in [4.69, 9.17) is 0 Å². The van der Waals surface area contributed by atoms with Crippen LogP contribution in [0, 0.1) is 16.0 Å². The van der Waals surface area contributed by atoms with E-state index < -0.39 is 16.8 Å². The van der Waals surface area contributed by atoms with Crippen LogP contribution in [0.4, 0.5) is 22.9 Å². The second kappa shape index (κ2) is 9.47. The van der Waals surface area contributed by atoms with Crippen molar-refractivity contribution in [3.63, 3.8) is 0 Å². The first kappa shape index (κ1) is 21.9. The maximum absolute atomic E-state index is 12.6. The van der Waals surface area contributed by atoms with Crippen molar-refractivity contribution in [2.75, 3.05) is 23.3 Å². The number of rotatable bonds is 7. The predicted molar refractivity (Wildman–Crippen MR) is 123 cm³/mol. The van der Waals surface area contributed by atoms with Crippen molar-refractivity contribution in [1.29, 1.82) is 0 Å². The molecule has 9 nitrogen and oxygen atoms in total.